The first kappa shape index (κ1) is 17.5. The summed E-state index contributed by atoms with van der Waals surface area (Å²) in [4.78, 5) is 5.07. The molecule has 0 unspecified atom stereocenters. The Bertz CT molecular complexity index is 569. The second kappa shape index (κ2) is 8.68. The molecule has 1 heterocycles. The number of rotatable bonds is 4. The van der Waals surface area contributed by atoms with Crippen molar-refractivity contribution >= 4 is 41.3 Å². The van der Waals surface area contributed by atoms with Crippen LogP contribution in [0.3, 0.4) is 0 Å². The van der Waals surface area contributed by atoms with Crippen LogP contribution < -0.4 is 19.3 Å². The minimum absolute atomic E-state index is 0.566. The maximum absolute atomic E-state index is 5.25. The molecule has 1 saturated heterocycles. The second-order valence-electron chi connectivity index (χ2n) is 5.40. The van der Waals surface area contributed by atoms with Crippen LogP contribution in [0, 0.1) is 0 Å². The van der Waals surface area contributed by atoms with E-state index in [1.54, 1.807) is 14.2 Å². The molecule has 0 aromatic heterocycles. The van der Waals surface area contributed by atoms with E-state index in [4.69, 9.17) is 9.47 Å². The summed E-state index contributed by atoms with van der Waals surface area (Å²) >= 11 is 1.13. The van der Waals surface area contributed by atoms with E-state index in [0.717, 1.165) is 33.3 Å². The van der Waals surface area contributed by atoms with E-state index in [2.05, 4.69) is 58.3 Å². The quantitative estimate of drug-likeness (QED) is 0.660. The van der Waals surface area contributed by atoms with Gasteiger partial charge >= 0.3 is 157 Å². The molecule has 0 saturated carbocycles. The Morgan fingerprint density at radius 1 is 0.625 bits per heavy atom. The normalized spacial score (nSPS) is 15.6. The zero-order valence-corrected chi connectivity index (χ0v) is 17.4. The van der Waals surface area contributed by atoms with Crippen molar-refractivity contribution < 1.29 is 9.47 Å². The van der Waals surface area contributed by atoms with Crippen LogP contribution in [0.2, 0.25) is 0 Å². The van der Waals surface area contributed by atoms with Gasteiger partial charge in [0.2, 0.25) is 0 Å². The number of hydrogen-bond acceptors (Lipinski definition) is 4. The van der Waals surface area contributed by atoms with E-state index in [-0.39, 0.29) is 0 Å². The number of anilines is 2. The molecule has 0 spiro atoms. The molecule has 1 fully saturated rings. The monoisotopic (exact) mass is 458 g/mol. The van der Waals surface area contributed by atoms with Gasteiger partial charge in [-0.25, -0.2) is 0 Å². The summed E-state index contributed by atoms with van der Waals surface area (Å²) in [5.74, 6) is 1.85. The summed E-state index contributed by atoms with van der Waals surface area (Å²) in [5.41, 5.74) is 7.28. The number of methoxy groups -OCH3 is 2. The zero-order chi connectivity index (χ0) is 16.8. The summed E-state index contributed by atoms with van der Waals surface area (Å²) < 4.78 is 10.5. The van der Waals surface area contributed by atoms with Gasteiger partial charge in [0.1, 0.15) is 0 Å². The molecule has 4 nitrogen and oxygen atoms in total. The van der Waals surface area contributed by atoms with Crippen LogP contribution in [0.4, 0.5) is 11.4 Å². The van der Waals surface area contributed by atoms with E-state index in [1.807, 2.05) is 0 Å². The molecule has 1 aliphatic rings. The number of benzene rings is 2. The second-order valence-corrected chi connectivity index (χ2v) is 9.28. The summed E-state index contributed by atoms with van der Waals surface area (Å²) in [5, 5.41) is 0. The van der Waals surface area contributed by atoms with Crippen molar-refractivity contribution in [2.45, 2.75) is 0 Å². The summed E-state index contributed by atoms with van der Waals surface area (Å²) in [6.45, 7) is 0. The third kappa shape index (κ3) is 4.40. The molecule has 1 aliphatic heterocycles. The fraction of sp³-hybridized carbons (Fsp3) is 0.333. The third-order valence-electron chi connectivity index (χ3n) is 3.86. The Hall–Kier alpha value is -1.32. The molecule has 0 N–H and O–H groups in total. The first-order valence-electron chi connectivity index (χ1n) is 7.73. The Balaban J connectivity index is 1.60. The van der Waals surface area contributed by atoms with E-state index >= 15 is 0 Å². The van der Waals surface area contributed by atoms with E-state index in [1.165, 1.54) is 11.4 Å². The van der Waals surface area contributed by atoms with Crippen molar-refractivity contribution in [2.75, 3.05) is 45.8 Å². The number of nitrogens with zero attached hydrogens (tertiary/aromatic N) is 2. The molecule has 0 bridgehead atoms. The van der Waals surface area contributed by atoms with Crippen molar-refractivity contribution in [3.63, 3.8) is 0 Å². The van der Waals surface area contributed by atoms with Crippen LogP contribution in [-0.2, 0) is 0 Å². The van der Waals surface area contributed by atoms with Gasteiger partial charge in [-0.3, -0.25) is 0 Å². The van der Waals surface area contributed by atoms with Gasteiger partial charge in [-0.15, -0.1) is 0 Å². The molecule has 24 heavy (non-hydrogen) atoms. The number of ether oxygens (including phenoxy) is 2. The van der Waals surface area contributed by atoms with Crippen LogP contribution in [0.1, 0.15) is 0 Å². The molecule has 0 radical (unpaired) electrons. The summed E-state index contributed by atoms with van der Waals surface area (Å²) in [6.07, 6.45) is 0. The maximum atomic E-state index is 5.25. The van der Waals surface area contributed by atoms with Crippen LogP contribution in [0.5, 0.6) is 11.5 Å². The van der Waals surface area contributed by atoms with Crippen molar-refractivity contribution in [1.29, 1.82) is 0 Å². The Morgan fingerprint density at radius 3 is 1.25 bits per heavy atom. The zero-order valence-electron chi connectivity index (χ0n) is 14.0. The van der Waals surface area contributed by atoms with Crippen molar-refractivity contribution in [3.8, 4) is 11.5 Å². The molecule has 3 rings (SSSR count). The van der Waals surface area contributed by atoms with E-state index in [9.17, 15) is 0 Å². The molecular weight excluding hydrogens is 434 g/mol. The Labute approximate surface area is 156 Å². The molecule has 2 aromatic rings. The first-order valence-corrected chi connectivity index (χ1v) is 12.6. The molecular formula is C18H22N2O2Se2. The van der Waals surface area contributed by atoms with Gasteiger partial charge in [-0.2, -0.15) is 0 Å². The first-order chi connectivity index (χ1) is 11.8. The molecule has 2 aromatic carbocycles. The molecule has 0 aliphatic carbocycles. The molecule has 128 valence electrons. The fourth-order valence-corrected chi connectivity index (χ4v) is 7.86. The van der Waals surface area contributed by atoms with E-state index in [0.29, 0.717) is 29.9 Å². The van der Waals surface area contributed by atoms with Crippen molar-refractivity contribution in [3.05, 3.63) is 48.5 Å². The van der Waals surface area contributed by atoms with Gasteiger partial charge < -0.3 is 0 Å². The summed E-state index contributed by atoms with van der Waals surface area (Å²) in [7, 11) is 3.43. The van der Waals surface area contributed by atoms with Gasteiger partial charge in [0.15, 0.2) is 0 Å². The Kier molecular flexibility index (Phi) is 6.33. The van der Waals surface area contributed by atoms with Crippen LogP contribution in [-0.4, -0.2) is 65.9 Å². The molecule has 0 atom stereocenters. The van der Waals surface area contributed by atoms with E-state index < -0.39 is 0 Å². The summed E-state index contributed by atoms with van der Waals surface area (Å²) in [6, 6.07) is 16.9. The average Bonchev–Trinajstić information content (AvgIpc) is 2.62. The predicted octanol–water partition coefficient (Wildman–Crippen LogP) is 2.27. The van der Waals surface area contributed by atoms with Crippen molar-refractivity contribution in [2.24, 2.45) is 0 Å². The van der Waals surface area contributed by atoms with Crippen LogP contribution >= 0.6 is 0 Å². The topological polar surface area (TPSA) is 24.9 Å². The van der Waals surface area contributed by atoms with Gasteiger partial charge in [-0.05, 0) is 0 Å². The Morgan fingerprint density at radius 2 is 0.958 bits per heavy atom. The van der Waals surface area contributed by atoms with Gasteiger partial charge in [0, 0.05) is 0 Å². The predicted molar refractivity (Wildman–Crippen MR) is 102 cm³/mol. The SMILES string of the molecule is COc1ccc(N2C[Se]CN(c3ccc(OC)cc3)C[Se]C2)cc1. The fourth-order valence-electron chi connectivity index (χ4n) is 2.48. The minimum atomic E-state index is 0.566. The average molecular weight is 456 g/mol. The van der Waals surface area contributed by atoms with Crippen LogP contribution in [0.15, 0.2) is 48.5 Å². The van der Waals surface area contributed by atoms with Gasteiger partial charge in [0.05, 0.1) is 0 Å². The van der Waals surface area contributed by atoms with Gasteiger partial charge in [0.25, 0.3) is 0 Å². The third-order valence-corrected chi connectivity index (χ3v) is 8.01. The van der Waals surface area contributed by atoms with Gasteiger partial charge in [-0.1, -0.05) is 0 Å². The van der Waals surface area contributed by atoms with Crippen molar-refractivity contribution in [1.82, 2.24) is 0 Å². The molecule has 6 heteroatoms. The molecule has 0 amide bonds. The van der Waals surface area contributed by atoms with Crippen LogP contribution in [0.25, 0.3) is 0 Å². The number of hydrogen-bond donors (Lipinski definition) is 0. The standard InChI is InChI=1S/C18H22N2O2Se2/c1-21-17-7-3-15(4-8-17)19-11-23-13-20(14-24-12-19)16-5-9-18(22-2)10-6-16/h3-10H,11-14H2,1-2H3.